The Kier molecular flexibility index (Phi) is 3.51. The van der Waals surface area contributed by atoms with Gasteiger partial charge in [0.15, 0.2) is 0 Å². The third-order valence-corrected chi connectivity index (χ3v) is 3.44. The fourth-order valence-corrected chi connectivity index (χ4v) is 2.38. The lowest BCUT2D eigenvalue weighted by Crippen LogP contribution is -2.14. The average Bonchev–Trinajstić information content (AvgIpc) is 2.96. The van der Waals surface area contributed by atoms with Crippen molar-refractivity contribution in [2.75, 3.05) is 6.54 Å². The maximum atomic E-state index is 12.8. The molecule has 1 aromatic carbocycles. The number of nitrogens with one attached hydrogen (secondary N) is 1. The Morgan fingerprint density at radius 1 is 1.16 bits per heavy atom. The van der Waals surface area contributed by atoms with E-state index in [1.807, 2.05) is 12.4 Å². The van der Waals surface area contributed by atoms with Crippen molar-refractivity contribution in [3.8, 4) is 0 Å². The van der Waals surface area contributed by atoms with Crippen LogP contribution in [-0.4, -0.2) is 16.5 Å². The normalized spacial score (nSPS) is 18.7. The van der Waals surface area contributed by atoms with E-state index in [0.717, 1.165) is 29.9 Å². The van der Waals surface area contributed by atoms with E-state index in [4.69, 9.17) is 0 Å². The first-order chi connectivity index (χ1) is 9.31. The first kappa shape index (κ1) is 12.2. The first-order valence-electron chi connectivity index (χ1n) is 6.60. The molecule has 2 heterocycles. The van der Waals surface area contributed by atoms with Crippen molar-refractivity contribution in [2.24, 2.45) is 0 Å². The highest BCUT2D eigenvalue weighted by Crippen LogP contribution is 2.20. The topological polar surface area (TPSA) is 37.8 Å². The third-order valence-electron chi connectivity index (χ3n) is 3.44. The summed E-state index contributed by atoms with van der Waals surface area (Å²) in [4.78, 5) is 8.92. The van der Waals surface area contributed by atoms with E-state index < -0.39 is 0 Å². The maximum Gasteiger partial charge on any atom is 0.123 e. The fraction of sp³-hybridized carbons (Fsp3) is 0.333. The van der Waals surface area contributed by atoms with Gasteiger partial charge in [0.05, 0.1) is 23.6 Å². The number of hydrogen-bond acceptors (Lipinski definition) is 3. The van der Waals surface area contributed by atoms with Crippen LogP contribution < -0.4 is 5.32 Å². The van der Waals surface area contributed by atoms with Crippen LogP contribution in [0, 0.1) is 5.82 Å². The number of rotatable bonds is 3. The van der Waals surface area contributed by atoms with E-state index in [2.05, 4.69) is 15.3 Å². The van der Waals surface area contributed by atoms with Crippen LogP contribution >= 0.6 is 0 Å². The molecule has 0 bridgehead atoms. The number of benzene rings is 1. The van der Waals surface area contributed by atoms with Gasteiger partial charge in [-0.1, -0.05) is 12.1 Å². The van der Waals surface area contributed by atoms with E-state index in [9.17, 15) is 4.39 Å². The molecular weight excluding hydrogens is 241 g/mol. The summed E-state index contributed by atoms with van der Waals surface area (Å²) in [5.41, 5.74) is 2.97. The highest BCUT2D eigenvalue weighted by molar-refractivity contribution is 5.21. The van der Waals surface area contributed by atoms with Gasteiger partial charge in [0.1, 0.15) is 5.82 Å². The minimum atomic E-state index is -0.211. The summed E-state index contributed by atoms with van der Waals surface area (Å²) < 4.78 is 12.8. The van der Waals surface area contributed by atoms with Gasteiger partial charge in [0.25, 0.3) is 0 Å². The predicted molar refractivity (Wildman–Crippen MR) is 71.2 cm³/mol. The summed E-state index contributed by atoms with van der Waals surface area (Å²) in [5.74, 6) is -0.211. The molecule has 1 N–H and O–H groups in total. The molecule has 0 amide bonds. The molecule has 0 spiro atoms. The molecule has 0 unspecified atom stereocenters. The van der Waals surface area contributed by atoms with Gasteiger partial charge < -0.3 is 5.32 Å². The quantitative estimate of drug-likeness (QED) is 0.918. The minimum absolute atomic E-state index is 0.211. The number of nitrogens with zero attached hydrogens (tertiary/aromatic N) is 2. The van der Waals surface area contributed by atoms with E-state index in [1.165, 1.54) is 18.6 Å². The minimum Gasteiger partial charge on any atom is -0.309 e. The zero-order valence-electron chi connectivity index (χ0n) is 10.6. The highest BCUT2D eigenvalue weighted by Gasteiger charge is 2.17. The second kappa shape index (κ2) is 5.45. The van der Waals surface area contributed by atoms with Crippen molar-refractivity contribution in [1.29, 1.82) is 0 Å². The number of halogens is 1. The summed E-state index contributed by atoms with van der Waals surface area (Å²) >= 11 is 0. The maximum absolute atomic E-state index is 12.8. The molecule has 1 atom stereocenters. The van der Waals surface area contributed by atoms with Gasteiger partial charge in [-0.05, 0) is 37.1 Å². The van der Waals surface area contributed by atoms with E-state index >= 15 is 0 Å². The van der Waals surface area contributed by atoms with Gasteiger partial charge in [0.2, 0.25) is 0 Å². The van der Waals surface area contributed by atoms with Crippen molar-refractivity contribution in [1.82, 2.24) is 15.3 Å². The molecule has 98 valence electrons. The molecular formula is C15H16FN3. The lowest BCUT2D eigenvalue weighted by Gasteiger charge is -2.09. The van der Waals surface area contributed by atoms with Gasteiger partial charge >= 0.3 is 0 Å². The lowest BCUT2D eigenvalue weighted by molar-refractivity contribution is 0.622. The summed E-state index contributed by atoms with van der Waals surface area (Å²) in [5, 5.41) is 3.40. The molecule has 1 saturated heterocycles. The molecule has 19 heavy (non-hydrogen) atoms. The summed E-state index contributed by atoms with van der Waals surface area (Å²) in [7, 11) is 0. The zero-order chi connectivity index (χ0) is 13.1. The molecule has 1 aliphatic rings. The van der Waals surface area contributed by atoms with Crippen molar-refractivity contribution in [3.05, 3.63) is 59.4 Å². The Labute approximate surface area is 111 Å². The summed E-state index contributed by atoms with van der Waals surface area (Å²) in [6.07, 6.45) is 6.68. The molecule has 1 fully saturated rings. The third kappa shape index (κ3) is 2.96. The molecule has 0 aliphatic carbocycles. The van der Waals surface area contributed by atoms with Crippen LogP contribution in [0.1, 0.15) is 35.8 Å². The fourth-order valence-electron chi connectivity index (χ4n) is 2.38. The van der Waals surface area contributed by atoms with Crippen molar-refractivity contribution >= 4 is 0 Å². The molecule has 1 aliphatic heterocycles. The molecule has 0 radical (unpaired) electrons. The average molecular weight is 257 g/mol. The number of aromatic nitrogens is 2. The molecule has 3 rings (SSSR count). The van der Waals surface area contributed by atoms with Crippen LogP contribution in [0.3, 0.4) is 0 Å². The smallest absolute Gasteiger partial charge is 0.123 e. The van der Waals surface area contributed by atoms with Crippen LogP contribution in [-0.2, 0) is 6.42 Å². The van der Waals surface area contributed by atoms with Crippen LogP contribution in [0.4, 0.5) is 4.39 Å². The van der Waals surface area contributed by atoms with Gasteiger partial charge in [-0.15, -0.1) is 0 Å². The Hall–Kier alpha value is -1.81. The van der Waals surface area contributed by atoms with Gasteiger partial charge in [0, 0.05) is 12.6 Å². The Bertz CT molecular complexity index is 530. The molecule has 0 saturated carbocycles. The molecule has 1 aromatic heterocycles. The zero-order valence-corrected chi connectivity index (χ0v) is 10.6. The van der Waals surface area contributed by atoms with Crippen molar-refractivity contribution < 1.29 is 4.39 Å². The van der Waals surface area contributed by atoms with Crippen molar-refractivity contribution in [2.45, 2.75) is 25.3 Å². The predicted octanol–water partition coefficient (Wildman–Crippen LogP) is 2.63. The van der Waals surface area contributed by atoms with Crippen LogP contribution in [0.25, 0.3) is 0 Å². The Morgan fingerprint density at radius 2 is 2.00 bits per heavy atom. The lowest BCUT2D eigenvalue weighted by atomic mass is 10.1. The summed E-state index contributed by atoms with van der Waals surface area (Å²) in [6, 6.07) is 6.86. The molecule has 4 heteroatoms. The van der Waals surface area contributed by atoms with Crippen molar-refractivity contribution in [3.63, 3.8) is 0 Å². The first-order valence-corrected chi connectivity index (χ1v) is 6.60. The van der Waals surface area contributed by atoms with E-state index in [-0.39, 0.29) is 5.82 Å². The van der Waals surface area contributed by atoms with Gasteiger partial charge in [-0.2, -0.15) is 0 Å². The van der Waals surface area contributed by atoms with E-state index in [1.54, 1.807) is 12.1 Å². The summed E-state index contributed by atoms with van der Waals surface area (Å²) in [6.45, 7) is 1.06. The largest absolute Gasteiger partial charge is 0.309 e. The Morgan fingerprint density at radius 3 is 2.63 bits per heavy atom. The van der Waals surface area contributed by atoms with Gasteiger partial charge in [-0.25, -0.2) is 4.39 Å². The van der Waals surface area contributed by atoms with Crippen LogP contribution in [0.2, 0.25) is 0 Å². The molecule has 2 aromatic rings. The van der Waals surface area contributed by atoms with E-state index in [0.29, 0.717) is 12.5 Å². The monoisotopic (exact) mass is 257 g/mol. The SMILES string of the molecule is Fc1ccc(Cc2cnc([C@@H]3CCCN3)cn2)cc1. The highest BCUT2D eigenvalue weighted by atomic mass is 19.1. The second-order valence-electron chi connectivity index (χ2n) is 4.88. The Balaban J connectivity index is 1.70. The number of hydrogen-bond donors (Lipinski definition) is 1. The molecule has 3 nitrogen and oxygen atoms in total. The van der Waals surface area contributed by atoms with Crippen LogP contribution in [0.5, 0.6) is 0 Å². The van der Waals surface area contributed by atoms with Gasteiger partial charge in [-0.3, -0.25) is 9.97 Å². The standard InChI is InChI=1S/C15H16FN3/c16-12-5-3-11(4-6-12)8-13-9-19-15(10-18-13)14-2-1-7-17-14/h3-6,9-10,14,17H,1-2,7-8H2/t14-/m0/s1. The second-order valence-corrected chi connectivity index (χ2v) is 4.88. The van der Waals surface area contributed by atoms with Crippen LogP contribution in [0.15, 0.2) is 36.7 Å².